The second kappa shape index (κ2) is 17.5. The minimum absolute atomic E-state index is 0. The Kier molecular flexibility index (Phi) is 14.3. The number of allylic oxidation sites excluding steroid dienone is 2. The van der Waals surface area contributed by atoms with Gasteiger partial charge in [0.1, 0.15) is 0 Å². The molecule has 0 saturated carbocycles. The average Bonchev–Trinajstić information content (AvgIpc) is 3.04. The van der Waals surface area contributed by atoms with E-state index in [1.807, 2.05) is 33.9 Å². The number of fused-ring (bicyclic) bond motifs is 4. The number of aromatic nitrogens is 2. The molecular formula is C43H55IrN2O2-. The van der Waals surface area contributed by atoms with Gasteiger partial charge in [-0.3, -0.25) is 14.8 Å². The van der Waals surface area contributed by atoms with Crippen LogP contribution in [0.2, 0.25) is 0 Å². The van der Waals surface area contributed by atoms with Crippen LogP contribution in [0.15, 0.2) is 66.7 Å². The Morgan fingerprint density at radius 3 is 2.21 bits per heavy atom. The molecule has 0 fully saturated rings. The number of pyridine rings is 2. The molecule has 259 valence electrons. The molecule has 0 unspecified atom stereocenters. The van der Waals surface area contributed by atoms with Gasteiger partial charge in [-0.05, 0) is 84.6 Å². The number of carbonyl (C=O) groups excluding carboxylic acids is 1. The van der Waals surface area contributed by atoms with E-state index in [4.69, 9.17) is 9.97 Å². The summed E-state index contributed by atoms with van der Waals surface area (Å²) in [6.07, 6.45) is 12.0. The number of aliphatic hydroxyl groups excluding tert-OH is 1. The maximum absolute atomic E-state index is 11.7. The molecule has 0 atom stereocenters. The van der Waals surface area contributed by atoms with Crippen molar-refractivity contribution in [2.24, 2.45) is 17.8 Å². The van der Waals surface area contributed by atoms with Gasteiger partial charge in [-0.25, -0.2) is 0 Å². The molecule has 1 aliphatic carbocycles. The third kappa shape index (κ3) is 9.30. The third-order valence-corrected chi connectivity index (χ3v) is 9.54. The smallest absolute Gasteiger partial charge is 0.162 e. The van der Waals surface area contributed by atoms with Gasteiger partial charge >= 0.3 is 0 Å². The summed E-state index contributed by atoms with van der Waals surface area (Å²) in [5, 5.41) is 12.2. The van der Waals surface area contributed by atoms with Crippen molar-refractivity contribution in [1.29, 1.82) is 0 Å². The third-order valence-electron chi connectivity index (χ3n) is 9.54. The molecule has 2 heterocycles. The van der Waals surface area contributed by atoms with Crippen LogP contribution in [0.25, 0.3) is 33.3 Å². The number of hydrogen-bond acceptors (Lipinski definition) is 4. The Balaban J connectivity index is 0.000000334. The Bertz CT molecular complexity index is 1710. The van der Waals surface area contributed by atoms with Crippen LogP contribution in [0.3, 0.4) is 0 Å². The van der Waals surface area contributed by atoms with Gasteiger partial charge in [-0.1, -0.05) is 97.5 Å². The molecule has 2 aromatic carbocycles. The topological polar surface area (TPSA) is 63.1 Å². The zero-order valence-corrected chi connectivity index (χ0v) is 32.9. The number of hydrogen-bond donors (Lipinski definition) is 1. The molecule has 0 bridgehead atoms. The van der Waals surface area contributed by atoms with Crippen molar-refractivity contribution in [2.45, 2.75) is 113 Å². The summed E-state index contributed by atoms with van der Waals surface area (Å²) in [6, 6.07) is 19.1. The van der Waals surface area contributed by atoms with Crippen molar-refractivity contribution in [2.75, 3.05) is 0 Å². The molecule has 1 radical (unpaired) electrons. The van der Waals surface area contributed by atoms with Crippen molar-refractivity contribution < 1.29 is 30.0 Å². The van der Waals surface area contributed by atoms with Crippen molar-refractivity contribution in [3.05, 3.63) is 95.0 Å². The average molecular weight is 824 g/mol. The predicted octanol–water partition coefficient (Wildman–Crippen LogP) is 11.2. The van der Waals surface area contributed by atoms with E-state index in [1.165, 1.54) is 39.3 Å². The first kappa shape index (κ1) is 39.3. The van der Waals surface area contributed by atoms with Gasteiger partial charge in [0.25, 0.3) is 0 Å². The molecule has 0 saturated heterocycles. The fourth-order valence-corrected chi connectivity index (χ4v) is 6.79. The number of rotatable bonds is 10. The van der Waals surface area contributed by atoms with E-state index in [1.54, 1.807) is 0 Å². The Morgan fingerprint density at radius 1 is 0.917 bits per heavy atom. The molecule has 0 aliphatic heterocycles. The zero-order chi connectivity index (χ0) is 34.3. The quantitative estimate of drug-likeness (QED) is 0.0983. The molecule has 5 heteroatoms. The molecule has 0 amide bonds. The van der Waals surface area contributed by atoms with Crippen LogP contribution in [0.4, 0.5) is 0 Å². The minimum atomic E-state index is 0. The summed E-state index contributed by atoms with van der Waals surface area (Å²) in [5.41, 5.74) is 9.89. The van der Waals surface area contributed by atoms with E-state index in [-0.39, 0.29) is 48.9 Å². The summed E-state index contributed by atoms with van der Waals surface area (Å²) < 4.78 is 0. The normalized spacial score (nSPS) is 12.8. The van der Waals surface area contributed by atoms with Crippen LogP contribution in [0.5, 0.6) is 0 Å². The zero-order valence-electron chi connectivity index (χ0n) is 30.5. The number of aliphatic hydroxyl groups is 1. The van der Waals surface area contributed by atoms with E-state index in [9.17, 15) is 9.90 Å². The Hall–Kier alpha value is -3.14. The first-order valence-electron chi connectivity index (χ1n) is 17.8. The summed E-state index contributed by atoms with van der Waals surface area (Å²) in [6.45, 7) is 19.4. The summed E-state index contributed by atoms with van der Waals surface area (Å²) >= 11 is 0. The second-order valence-corrected chi connectivity index (χ2v) is 14.5. The van der Waals surface area contributed by atoms with Gasteiger partial charge in [0.2, 0.25) is 0 Å². The van der Waals surface area contributed by atoms with Gasteiger partial charge in [-0.2, -0.15) is 0 Å². The molecule has 1 aliphatic rings. The second-order valence-electron chi connectivity index (χ2n) is 14.5. The summed E-state index contributed by atoms with van der Waals surface area (Å²) in [4.78, 5) is 21.5. The molecular weight excluding hydrogens is 769 g/mol. The van der Waals surface area contributed by atoms with Crippen molar-refractivity contribution in [3.63, 3.8) is 0 Å². The predicted molar refractivity (Wildman–Crippen MR) is 198 cm³/mol. The van der Waals surface area contributed by atoms with Crippen LogP contribution < -0.4 is 0 Å². The van der Waals surface area contributed by atoms with E-state index in [0.717, 1.165) is 67.3 Å². The van der Waals surface area contributed by atoms with Crippen LogP contribution in [0.1, 0.15) is 110 Å². The Morgan fingerprint density at radius 2 is 1.58 bits per heavy atom. The van der Waals surface area contributed by atoms with Crippen LogP contribution in [-0.4, -0.2) is 20.9 Å². The largest absolute Gasteiger partial charge is 0.512 e. The van der Waals surface area contributed by atoms with Gasteiger partial charge in [0, 0.05) is 56.1 Å². The number of carbonyl (C=O) groups is 1. The molecule has 1 N–H and O–H groups in total. The van der Waals surface area contributed by atoms with E-state index < -0.39 is 0 Å². The van der Waals surface area contributed by atoms with Crippen LogP contribution >= 0.6 is 0 Å². The monoisotopic (exact) mass is 824 g/mol. The molecule has 5 rings (SSSR count). The Labute approximate surface area is 303 Å². The number of benzene rings is 2. The molecule has 2 aromatic heterocycles. The fraction of sp³-hybridized carbons (Fsp3) is 0.465. The van der Waals surface area contributed by atoms with Crippen LogP contribution in [0, 0.1) is 23.8 Å². The standard InChI is InChI=1S/C30H31N2.C13H24O2.Ir/c1-19(2)14-20-15-22-10-11-25-26(28(22)32-18-20)12-13-31-29(25)23-16-21-8-6-7-9-24(21)27(17-23)30(3,4)5;1-5-10(6-2)12(14)9-13(15)11(7-3)8-4;/h6-9,12-13,15,17-19H,10-11,14H2,1-5H3;9-11,14H,5-8H2,1-4H3;/q-1;;/b;12-9-;. The van der Waals surface area contributed by atoms with Crippen molar-refractivity contribution in [3.8, 4) is 22.5 Å². The van der Waals surface area contributed by atoms with Crippen molar-refractivity contribution >= 4 is 16.6 Å². The van der Waals surface area contributed by atoms with Gasteiger partial charge in [-0.15, -0.1) is 29.1 Å². The number of aryl methyl sites for hydroxylation is 1. The number of nitrogens with zero attached hydrogens (tertiary/aromatic N) is 2. The molecule has 0 spiro atoms. The molecule has 4 aromatic rings. The molecule has 48 heavy (non-hydrogen) atoms. The van der Waals surface area contributed by atoms with Gasteiger partial charge in [0.05, 0.1) is 11.5 Å². The van der Waals surface area contributed by atoms with Crippen LogP contribution in [-0.2, 0) is 49.6 Å². The summed E-state index contributed by atoms with van der Waals surface area (Å²) in [7, 11) is 0. The maximum atomic E-state index is 11.7. The molecule has 4 nitrogen and oxygen atoms in total. The van der Waals surface area contributed by atoms with Gasteiger partial charge < -0.3 is 5.11 Å². The van der Waals surface area contributed by atoms with Crippen molar-refractivity contribution in [1.82, 2.24) is 9.97 Å². The summed E-state index contributed by atoms with van der Waals surface area (Å²) in [5.74, 6) is 1.19. The number of ketones is 1. The first-order valence-corrected chi connectivity index (χ1v) is 17.8. The SMILES string of the molecule is CC(C)Cc1cnc2c(c1)CCc1c-2ccnc1-c1[c-]c2ccccc2c(C(C)(C)C)c1.CCC(CC)C(=O)/C=C(\O)C(CC)CC.[Ir]. The fourth-order valence-electron chi connectivity index (χ4n) is 6.79. The van der Waals surface area contributed by atoms with Gasteiger partial charge in [0.15, 0.2) is 5.78 Å². The van der Waals surface area contributed by atoms with E-state index >= 15 is 0 Å². The first-order chi connectivity index (χ1) is 22.4. The van der Waals surface area contributed by atoms with E-state index in [2.05, 4.69) is 89.3 Å². The van der Waals surface area contributed by atoms with E-state index in [0.29, 0.717) is 5.92 Å². The maximum Gasteiger partial charge on any atom is 0.162 e. The minimum Gasteiger partial charge on any atom is -0.512 e.